The Labute approximate surface area is 187 Å². The average molecular weight is 440 g/mol. The molecule has 0 saturated carbocycles. The number of ether oxygens (including phenoxy) is 4. The van der Waals surface area contributed by atoms with Crippen molar-refractivity contribution in [2.75, 3.05) is 59.0 Å². The van der Waals surface area contributed by atoms with Gasteiger partial charge in [-0.2, -0.15) is 0 Å². The molecule has 0 bridgehead atoms. The number of nitrogens with zero attached hydrogens (tertiary/aromatic N) is 2. The van der Waals surface area contributed by atoms with Gasteiger partial charge >= 0.3 is 0 Å². The molecule has 1 fully saturated rings. The third-order valence-corrected chi connectivity index (χ3v) is 5.66. The Morgan fingerprint density at radius 3 is 2.62 bits per heavy atom. The number of anilines is 1. The van der Waals surface area contributed by atoms with Crippen LogP contribution in [0.2, 0.25) is 0 Å². The lowest BCUT2D eigenvalue weighted by atomic mass is 10.2. The molecule has 0 spiro atoms. The Bertz CT molecular complexity index is 1090. The maximum absolute atomic E-state index is 13.0. The second-order valence-corrected chi connectivity index (χ2v) is 7.64. The number of hydrogen-bond donors (Lipinski definition) is 1. The highest BCUT2D eigenvalue weighted by Crippen LogP contribution is 2.33. The summed E-state index contributed by atoms with van der Waals surface area (Å²) in [6, 6.07) is 13.0. The smallest absolute Gasteiger partial charge is 0.272 e. The van der Waals surface area contributed by atoms with Gasteiger partial charge in [-0.15, -0.1) is 0 Å². The van der Waals surface area contributed by atoms with Crippen LogP contribution < -0.4 is 19.5 Å². The molecule has 1 aromatic heterocycles. The van der Waals surface area contributed by atoms with Crippen LogP contribution in [0, 0.1) is 0 Å². The summed E-state index contributed by atoms with van der Waals surface area (Å²) in [4.78, 5) is 15.3. The van der Waals surface area contributed by atoms with Crippen molar-refractivity contribution in [2.45, 2.75) is 0 Å². The minimum atomic E-state index is -0.213. The van der Waals surface area contributed by atoms with E-state index in [-0.39, 0.29) is 5.91 Å². The second kappa shape index (κ2) is 9.93. The highest BCUT2D eigenvalue weighted by Gasteiger charge is 2.18. The third kappa shape index (κ3) is 4.81. The summed E-state index contributed by atoms with van der Waals surface area (Å²) in [5, 5.41) is 3.82. The van der Waals surface area contributed by atoms with E-state index in [1.807, 2.05) is 54.1 Å². The van der Waals surface area contributed by atoms with E-state index in [0.717, 1.165) is 49.5 Å². The number of nitrogens with one attached hydrogen (secondary N) is 1. The minimum absolute atomic E-state index is 0.213. The summed E-state index contributed by atoms with van der Waals surface area (Å²) in [6.07, 6.45) is 0. The van der Waals surface area contributed by atoms with Crippen molar-refractivity contribution in [2.24, 2.45) is 7.05 Å². The van der Waals surface area contributed by atoms with E-state index in [9.17, 15) is 4.79 Å². The standard InChI is InChI=1S/C24H29N3O5/c1-26-21-14-19(29-2)15-23(30-3)20(21)16-22(26)24(28)25-17-5-4-6-18(13-17)32-12-9-27-7-10-31-11-8-27/h4-6,13-16H,7-12H2,1-3H3,(H,25,28). The SMILES string of the molecule is COc1cc(OC)c2cc(C(=O)Nc3cccc(OCCN4CCOCC4)c3)n(C)c2c1. The summed E-state index contributed by atoms with van der Waals surface area (Å²) >= 11 is 0. The van der Waals surface area contributed by atoms with Crippen LogP contribution in [0.5, 0.6) is 17.2 Å². The Hall–Kier alpha value is -3.23. The van der Waals surface area contributed by atoms with Gasteiger partial charge in [0.15, 0.2) is 0 Å². The first kappa shape index (κ1) is 22.0. The molecule has 1 amide bonds. The number of aromatic nitrogens is 1. The first-order valence-corrected chi connectivity index (χ1v) is 10.6. The molecule has 170 valence electrons. The van der Waals surface area contributed by atoms with Gasteiger partial charge in [0.05, 0.1) is 33.0 Å². The summed E-state index contributed by atoms with van der Waals surface area (Å²) in [6.45, 7) is 4.84. The number of hydrogen-bond acceptors (Lipinski definition) is 6. The van der Waals surface area contributed by atoms with Gasteiger partial charge in [-0.25, -0.2) is 0 Å². The quantitative estimate of drug-likeness (QED) is 0.581. The predicted molar refractivity (Wildman–Crippen MR) is 123 cm³/mol. The van der Waals surface area contributed by atoms with Gasteiger partial charge in [-0.1, -0.05) is 6.07 Å². The fourth-order valence-electron chi connectivity index (χ4n) is 3.85. The van der Waals surface area contributed by atoms with Gasteiger partial charge < -0.3 is 28.8 Å². The predicted octanol–water partition coefficient (Wildman–Crippen LogP) is 3.16. The molecule has 2 aromatic carbocycles. The maximum Gasteiger partial charge on any atom is 0.272 e. The van der Waals surface area contributed by atoms with Crippen LogP contribution in [0.3, 0.4) is 0 Å². The molecule has 8 nitrogen and oxygen atoms in total. The lowest BCUT2D eigenvalue weighted by Gasteiger charge is -2.26. The zero-order chi connectivity index (χ0) is 22.5. The largest absolute Gasteiger partial charge is 0.497 e. The highest BCUT2D eigenvalue weighted by atomic mass is 16.5. The van der Waals surface area contributed by atoms with Crippen LogP contribution >= 0.6 is 0 Å². The fraction of sp³-hybridized carbons (Fsp3) is 0.375. The van der Waals surface area contributed by atoms with Crippen LogP contribution in [0.1, 0.15) is 10.5 Å². The van der Waals surface area contributed by atoms with Crippen molar-refractivity contribution in [1.82, 2.24) is 9.47 Å². The Morgan fingerprint density at radius 2 is 1.88 bits per heavy atom. The number of morpholine rings is 1. The van der Waals surface area contributed by atoms with Gasteiger partial charge in [0, 0.05) is 56.0 Å². The van der Waals surface area contributed by atoms with E-state index in [0.29, 0.717) is 29.5 Å². The van der Waals surface area contributed by atoms with Gasteiger partial charge in [0.25, 0.3) is 5.91 Å². The Kier molecular flexibility index (Phi) is 6.82. The summed E-state index contributed by atoms with van der Waals surface area (Å²) in [5.41, 5.74) is 2.05. The van der Waals surface area contributed by atoms with Gasteiger partial charge in [0.2, 0.25) is 0 Å². The number of fused-ring (bicyclic) bond motifs is 1. The molecule has 0 unspecified atom stereocenters. The van der Waals surface area contributed by atoms with Crippen molar-refractivity contribution in [3.8, 4) is 17.2 Å². The number of rotatable bonds is 8. The molecule has 3 aromatic rings. The van der Waals surface area contributed by atoms with Crippen molar-refractivity contribution in [3.05, 3.63) is 48.2 Å². The molecular formula is C24H29N3O5. The molecule has 0 atom stereocenters. The van der Waals surface area contributed by atoms with E-state index in [4.69, 9.17) is 18.9 Å². The third-order valence-electron chi connectivity index (χ3n) is 5.66. The van der Waals surface area contributed by atoms with Crippen molar-refractivity contribution in [3.63, 3.8) is 0 Å². The molecule has 32 heavy (non-hydrogen) atoms. The Balaban J connectivity index is 1.45. The lowest BCUT2D eigenvalue weighted by molar-refractivity contribution is 0.0322. The average Bonchev–Trinajstić information content (AvgIpc) is 3.16. The normalized spacial score (nSPS) is 14.3. The van der Waals surface area contributed by atoms with Crippen LogP contribution in [0.4, 0.5) is 5.69 Å². The molecule has 1 N–H and O–H groups in total. The molecule has 4 rings (SSSR count). The highest BCUT2D eigenvalue weighted by molar-refractivity contribution is 6.07. The van der Waals surface area contributed by atoms with Crippen LogP contribution in [0.15, 0.2) is 42.5 Å². The number of methoxy groups -OCH3 is 2. The van der Waals surface area contributed by atoms with Gasteiger partial charge in [-0.05, 0) is 18.2 Å². The first-order valence-electron chi connectivity index (χ1n) is 10.6. The molecule has 0 radical (unpaired) electrons. The fourth-order valence-corrected chi connectivity index (χ4v) is 3.85. The second-order valence-electron chi connectivity index (χ2n) is 7.64. The number of benzene rings is 2. The van der Waals surface area contributed by atoms with Crippen LogP contribution in [0.25, 0.3) is 10.9 Å². The number of carbonyl (C=O) groups is 1. The van der Waals surface area contributed by atoms with Crippen LogP contribution in [-0.2, 0) is 11.8 Å². The maximum atomic E-state index is 13.0. The minimum Gasteiger partial charge on any atom is -0.497 e. The summed E-state index contributed by atoms with van der Waals surface area (Å²) < 4.78 is 23.9. The van der Waals surface area contributed by atoms with Gasteiger partial charge in [-0.3, -0.25) is 9.69 Å². The van der Waals surface area contributed by atoms with E-state index in [1.54, 1.807) is 14.2 Å². The lowest BCUT2D eigenvalue weighted by Crippen LogP contribution is -2.38. The molecule has 1 aliphatic rings. The summed E-state index contributed by atoms with van der Waals surface area (Å²) in [7, 11) is 5.06. The van der Waals surface area contributed by atoms with E-state index >= 15 is 0 Å². The van der Waals surface area contributed by atoms with Crippen LogP contribution in [-0.4, -0.2) is 69.0 Å². The van der Waals surface area contributed by atoms with E-state index in [1.165, 1.54) is 0 Å². The summed E-state index contributed by atoms with van der Waals surface area (Å²) in [5.74, 6) is 1.84. The molecule has 0 aliphatic carbocycles. The zero-order valence-electron chi connectivity index (χ0n) is 18.7. The van der Waals surface area contributed by atoms with Gasteiger partial charge in [0.1, 0.15) is 29.5 Å². The molecule has 2 heterocycles. The van der Waals surface area contributed by atoms with Crippen molar-refractivity contribution < 1.29 is 23.7 Å². The van der Waals surface area contributed by atoms with E-state index in [2.05, 4.69) is 10.2 Å². The number of amides is 1. The molecule has 1 aliphatic heterocycles. The van der Waals surface area contributed by atoms with Crippen molar-refractivity contribution in [1.29, 1.82) is 0 Å². The number of carbonyl (C=O) groups excluding carboxylic acids is 1. The molecule has 1 saturated heterocycles. The Morgan fingerprint density at radius 1 is 1.06 bits per heavy atom. The first-order chi connectivity index (χ1) is 15.6. The molecular weight excluding hydrogens is 410 g/mol. The zero-order valence-corrected chi connectivity index (χ0v) is 18.7. The van der Waals surface area contributed by atoms with Crippen molar-refractivity contribution >= 4 is 22.5 Å². The van der Waals surface area contributed by atoms with E-state index < -0.39 is 0 Å². The number of aryl methyl sites for hydroxylation is 1. The molecule has 8 heteroatoms. The monoisotopic (exact) mass is 439 g/mol. The topological polar surface area (TPSA) is 74.2 Å².